The Bertz CT molecular complexity index is 728. The summed E-state index contributed by atoms with van der Waals surface area (Å²) in [5, 5.41) is 13.0. The van der Waals surface area contributed by atoms with Crippen molar-refractivity contribution in [1.29, 1.82) is 0 Å². The molecule has 0 atom stereocenters. The minimum atomic E-state index is 0.880. The average molecular weight is 276 g/mol. The van der Waals surface area contributed by atoms with E-state index in [1.165, 1.54) is 0 Å². The van der Waals surface area contributed by atoms with Crippen LogP contribution in [0.25, 0.3) is 10.3 Å². The highest BCUT2D eigenvalue weighted by Crippen LogP contribution is 2.31. The van der Waals surface area contributed by atoms with Gasteiger partial charge in [0.2, 0.25) is 0 Å². The zero-order valence-electron chi connectivity index (χ0n) is 11.6. The van der Waals surface area contributed by atoms with Crippen LogP contribution in [0.4, 0.5) is 10.8 Å². The van der Waals surface area contributed by atoms with Crippen LogP contribution in [-0.4, -0.2) is 24.5 Å². The second-order valence-corrected chi connectivity index (χ2v) is 5.67. The smallest absolute Gasteiger partial charge is 0.190 e. The lowest BCUT2D eigenvalue weighted by Gasteiger charge is -2.02. The van der Waals surface area contributed by atoms with E-state index in [-0.39, 0.29) is 0 Å². The van der Waals surface area contributed by atoms with Crippen LogP contribution in [0.2, 0.25) is 0 Å². The number of anilines is 2. The van der Waals surface area contributed by atoms with Crippen molar-refractivity contribution in [3.63, 3.8) is 0 Å². The fourth-order valence-corrected chi connectivity index (χ4v) is 3.14. The van der Waals surface area contributed by atoms with Gasteiger partial charge in [-0.05, 0) is 20.8 Å². The van der Waals surface area contributed by atoms with Crippen LogP contribution in [0.15, 0.2) is 0 Å². The van der Waals surface area contributed by atoms with Crippen molar-refractivity contribution in [1.82, 2.24) is 24.5 Å². The SMILES string of the molecule is Cc1nn(C)c(C)c1Nc1nc2c(s1)c(C)nn2C. The molecule has 3 rings (SSSR count). The Balaban J connectivity index is 2.03. The van der Waals surface area contributed by atoms with Gasteiger partial charge in [0.25, 0.3) is 0 Å². The normalized spacial score (nSPS) is 11.4. The van der Waals surface area contributed by atoms with Gasteiger partial charge in [0.1, 0.15) is 0 Å². The van der Waals surface area contributed by atoms with E-state index in [2.05, 4.69) is 20.5 Å². The Labute approximate surface area is 115 Å². The highest BCUT2D eigenvalue weighted by atomic mass is 32.1. The van der Waals surface area contributed by atoms with Gasteiger partial charge in [0, 0.05) is 14.1 Å². The predicted molar refractivity (Wildman–Crippen MR) is 77.1 cm³/mol. The molecule has 0 spiro atoms. The van der Waals surface area contributed by atoms with Crippen molar-refractivity contribution in [2.75, 3.05) is 5.32 Å². The lowest BCUT2D eigenvalue weighted by molar-refractivity contribution is 0.731. The Morgan fingerprint density at radius 1 is 1.00 bits per heavy atom. The van der Waals surface area contributed by atoms with Gasteiger partial charge in [-0.3, -0.25) is 4.68 Å². The van der Waals surface area contributed by atoms with Crippen LogP contribution in [0, 0.1) is 20.8 Å². The highest BCUT2D eigenvalue weighted by molar-refractivity contribution is 7.22. The Morgan fingerprint density at radius 3 is 2.26 bits per heavy atom. The van der Waals surface area contributed by atoms with Crippen LogP contribution >= 0.6 is 11.3 Å². The summed E-state index contributed by atoms with van der Waals surface area (Å²) in [5.74, 6) is 0. The van der Waals surface area contributed by atoms with Crippen LogP contribution < -0.4 is 5.32 Å². The van der Waals surface area contributed by atoms with Gasteiger partial charge < -0.3 is 5.32 Å². The Kier molecular flexibility index (Phi) is 2.60. The number of aromatic nitrogens is 5. The van der Waals surface area contributed by atoms with Crippen molar-refractivity contribution >= 4 is 32.5 Å². The maximum atomic E-state index is 4.59. The molecule has 6 nitrogen and oxygen atoms in total. The molecule has 0 aliphatic rings. The van der Waals surface area contributed by atoms with Crippen molar-refractivity contribution in [3.05, 3.63) is 17.1 Å². The first-order chi connectivity index (χ1) is 8.97. The molecule has 0 saturated carbocycles. The molecule has 100 valence electrons. The summed E-state index contributed by atoms with van der Waals surface area (Å²) < 4.78 is 4.82. The topological polar surface area (TPSA) is 60.6 Å². The monoisotopic (exact) mass is 276 g/mol. The number of rotatable bonds is 2. The number of fused-ring (bicyclic) bond motifs is 1. The van der Waals surface area contributed by atoms with Gasteiger partial charge in [-0.1, -0.05) is 11.3 Å². The number of nitrogens with one attached hydrogen (secondary N) is 1. The van der Waals surface area contributed by atoms with Gasteiger partial charge in [0.15, 0.2) is 10.8 Å². The quantitative estimate of drug-likeness (QED) is 0.781. The Morgan fingerprint density at radius 2 is 1.68 bits per heavy atom. The molecule has 7 heteroatoms. The summed E-state index contributed by atoms with van der Waals surface area (Å²) in [4.78, 5) is 4.59. The molecule has 0 radical (unpaired) electrons. The molecule has 19 heavy (non-hydrogen) atoms. The number of nitrogens with zero attached hydrogens (tertiary/aromatic N) is 5. The van der Waals surface area contributed by atoms with Gasteiger partial charge in [-0.2, -0.15) is 10.2 Å². The van der Waals surface area contributed by atoms with Gasteiger partial charge in [-0.25, -0.2) is 9.67 Å². The summed E-state index contributed by atoms with van der Waals surface area (Å²) >= 11 is 1.62. The highest BCUT2D eigenvalue weighted by Gasteiger charge is 2.15. The molecule has 0 aliphatic carbocycles. The molecule has 0 aliphatic heterocycles. The molecule has 0 fully saturated rings. The van der Waals surface area contributed by atoms with E-state index in [1.54, 1.807) is 11.3 Å². The maximum absolute atomic E-state index is 4.59. The average Bonchev–Trinajstić information content (AvgIpc) is 2.94. The van der Waals surface area contributed by atoms with Crippen molar-refractivity contribution in [3.8, 4) is 0 Å². The molecule has 3 aromatic heterocycles. The first-order valence-corrected chi connectivity index (χ1v) is 6.86. The molecule has 0 aromatic carbocycles. The zero-order valence-corrected chi connectivity index (χ0v) is 12.5. The second kappa shape index (κ2) is 4.06. The van der Waals surface area contributed by atoms with Crippen molar-refractivity contribution in [2.24, 2.45) is 14.1 Å². The van der Waals surface area contributed by atoms with Crippen LogP contribution in [0.1, 0.15) is 17.1 Å². The molecule has 0 unspecified atom stereocenters. The molecular formula is C12H16N6S. The first kappa shape index (κ1) is 12.2. The fourth-order valence-electron chi connectivity index (χ4n) is 2.20. The largest absolute Gasteiger partial charge is 0.328 e. The van der Waals surface area contributed by atoms with Crippen LogP contribution in [0.3, 0.4) is 0 Å². The lowest BCUT2D eigenvalue weighted by atomic mass is 10.3. The summed E-state index contributed by atoms with van der Waals surface area (Å²) in [6.45, 7) is 6.04. The number of aryl methyl sites for hydroxylation is 4. The number of thiazole rings is 1. The van der Waals surface area contributed by atoms with Gasteiger partial charge in [-0.15, -0.1) is 0 Å². The molecule has 1 N–H and O–H groups in total. The summed E-state index contributed by atoms with van der Waals surface area (Å²) in [5.41, 5.74) is 5.06. The van der Waals surface area contributed by atoms with E-state index in [4.69, 9.17) is 0 Å². The zero-order chi connectivity index (χ0) is 13.7. The van der Waals surface area contributed by atoms with Gasteiger partial charge in [0.05, 0.1) is 27.5 Å². The van der Waals surface area contributed by atoms with Gasteiger partial charge >= 0.3 is 0 Å². The third kappa shape index (κ3) is 1.81. The Hall–Kier alpha value is -1.89. The van der Waals surface area contributed by atoms with Crippen molar-refractivity contribution < 1.29 is 0 Å². The predicted octanol–water partition coefficient (Wildman–Crippen LogP) is 2.43. The first-order valence-electron chi connectivity index (χ1n) is 6.04. The van der Waals surface area contributed by atoms with E-state index in [9.17, 15) is 0 Å². The van der Waals surface area contributed by atoms with Crippen LogP contribution in [0.5, 0.6) is 0 Å². The minimum absolute atomic E-state index is 0.880. The lowest BCUT2D eigenvalue weighted by Crippen LogP contribution is -1.96. The second-order valence-electron chi connectivity index (χ2n) is 4.68. The van der Waals surface area contributed by atoms with E-state index in [1.807, 2.05) is 44.2 Å². The summed E-state index contributed by atoms with van der Waals surface area (Å²) in [7, 11) is 3.86. The number of hydrogen-bond donors (Lipinski definition) is 1. The number of hydrogen-bond acceptors (Lipinski definition) is 5. The molecule has 0 amide bonds. The molecule has 0 saturated heterocycles. The van der Waals surface area contributed by atoms with Crippen LogP contribution in [-0.2, 0) is 14.1 Å². The third-order valence-electron chi connectivity index (χ3n) is 3.29. The van der Waals surface area contributed by atoms with E-state index < -0.39 is 0 Å². The fraction of sp³-hybridized carbons (Fsp3) is 0.417. The maximum Gasteiger partial charge on any atom is 0.190 e. The summed E-state index contributed by atoms with van der Waals surface area (Å²) in [6.07, 6.45) is 0. The summed E-state index contributed by atoms with van der Waals surface area (Å²) in [6, 6.07) is 0. The standard InChI is InChI=1S/C12H16N6S/c1-6-9(8(3)17(4)15-6)13-12-14-11-10(19-12)7(2)16-18(11)5/h1-5H3,(H,13,14). The third-order valence-corrected chi connectivity index (χ3v) is 4.35. The molecule has 3 heterocycles. The molecule has 3 aromatic rings. The van der Waals surface area contributed by atoms with E-state index in [0.717, 1.165) is 38.2 Å². The minimum Gasteiger partial charge on any atom is -0.328 e. The van der Waals surface area contributed by atoms with E-state index >= 15 is 0 Å². The van der Waals surface area contributed by atoms with E-state index in [0.29, 0.717) is 0 Å². The molecular weight excluding hydrogens is 260 g/mol. The molecule has 0 bridgehead atoms. The van der Waals surface area contributed by atoms with Crippen molar-refractivity contribution in [2.45, 2.75) is 20.8 Å².